The molecule has 0 saturated heterocycles. The first-order valence-corrected chi connectivity index (χ1v) is 5.59. The largest absolute Gasteiger partial charge is 0.263 e. The number of hydrogen-bond donors (Lipinski definition) is 0. The average molecular weight is 253 g/mol. The lowest BCUT2D eigenvalue weighted by Gasteiger charge is -2.05. The van der Waals surface area contributed by atoms with Crippen LogP contribution in [0.15, 0.2) is 28.9 Å². The van der Waals surface area contributed by atoms with E-state index in [9.17, 15) is 0 Å². The molecule has 0 spiro atoms. The average Bonchev–Trinajstić information content (AvgIpc) is 2.44. The zero-order valence-electron chi connectivity index (χ0n) is 8.37. The molecule has 0 amide bonds. The van der Waals surface area contributed by atoms with Gasteiger partial charge in [0.05, 0.1) is 5.52 Å². The Labute approximate surface area is 92.0 Å². The van der Waals surface area contributed by atoms with Gasteiger partial charge in [-0.3, -0.25) is 4.68 Å². The van der Waals surface area contributed by atoms with Gasteiger partial charge >= 0.3 is 0 Å². The van der Waals surface area contributed by atoms with Gasteiger partial charge in [0, 0.05) is 11.9 Å². The molecule has 0 saturated carbocycles. The van der Waals surface area contributed by atoms with Gasteiger partial charge in [-0.2, -0.15) is 5.10 Å². The molecule has 0 radical (unpaired) electrons. The van der Waals surface area contributed by atoms with Crippen LogP contribution >= 0.6 is 15.9 Å². The van der Waals surface area contributed by atoms with E-state index in [0.29, 0.717) is 5.92 Å². The minimum atomic E-state index is 0.616. The number of rotatable bonds is 2. The van der Waals surface area contributed by atoms with Crippen molar-refractivity contribution in [3.63, 3.8) is 0 Å². The zero-order chi connectivity index (χ0) is 10.1. The topological polar surface area (TPSA) is 17.8 Å². The van der Waals surface area contributed by atoms with Crippen molar-refractivity contribution >= 4 is 26.8 Å². The predicted molar refractivity (Wildman–Crippen MR) is 62.3 cm³/mol. The molecule has 2 nitrogen and oxygen atoms in total. The molecule has 0 fully saturated rings. The van der Waals surface area contributed by atoms with E-state index in [1.54, 1.807) is 0 Å². The second-order valence-corrected chi connectivity index (χ2v) is 4.64. The number of para-hydroxylation sites is 1. The van der Waals surface area contributed by atoms with E-state index in [2.05, 4.69) is 51.7 Å². The summed E-state index contributed by atoms with van der Waals surface area (Å²) in [5, 5.41) is 5.65. The van der Waals surface area contributed by atoms with Crippen molar-refractivity contribution in [1.82, 2.24) is 9.78 Å². The van der Waals surface area contributed by atoms with Crippen molar-refractivity contribution in [3.05, 3.63) is 28.9 Å². The Morgan fingerprint density at radius 2 is 2.07 bits per heavy atom. The van der Waals surface area contributed by atoms with E-state index in [1.165, 1.54) is 10.9 Å². The van der Waals surface area contributed by atoms with Gasteiger partial charge in [-0.1, -0.05) is 32.0 Å². The second kappa shape index (κ2) is 3.73. The van der Waals surface area contributed by atoms with Gasteiger partial charge in [0.2, 0.25) is 0 Å². The fourth-order valence-electron chi connectivity index (χ4n) is 1.57. The van der Waals surface area contributed by atoms with Crippen LogP contribution in [-0.2, 0) is 6.54 Å². The number of aromatic nitrogens is 2. The number of halogens is 1. The van der Waals surface area contributed by atoms with Crippen LogP contribution in [0.1, 0.15) is 13.8 Å². The number of benzene rings is 1. The Morgan fingerprint density at radius 1 is 1.36 bits per heavy atom. The van der Waals surface area contributed by atoms with Gasteiger partial charge in [0.25, 0.3) is 0 Å². The van der Waals surface area contributed by atoms with Crippen LogP contribution in [0.2, 0.25) is 0 Å². The molecule has 1 heterocycles. The Kier molecular flexibility index (Phi) is 2.59. The molecule has 0 N–H and O–H groups in total. The molecule has 0 unspecified atom stereocenters. The SMILES string of the molecule is CC(C)Cn1nc(Br)c2ccccc21. The number of nitrogens with zero attached hydrogens (tertiary/aromatic N) is 2. The predicted octanol–water partition coefficient (Wildman–Crippen LogP) is 3.45. The normalized spacial score (nSPS) is 11.4. The van der Waals surface area contributed by atoms with E-state index >= 15 is 0 Å². The van der Waals surface area contributed by atoms with Gasteiger partial charge in [0.15, 0.2) is 0 Å². The summed E-state index contributed by atoms with van der Waals surface area (Å²) < 4.78 is 3.00. The third-order valence-electron chi connectivity index (χ3n) is 2.15. The minimum Gasteiger partial charge on any atom is -0.263 e. The lowest BCUT2D eigenvalue weighted by molar-refractivity contribution is 0.493. The van der Waals surface area contributed by atoms with Gasteiger partial charge in [-0.05, 0) is 27.9 Å². The summed E-state index contributed by atoms with van der Waals surface area (Å²) in [4.78, 5) is 0. The molecule has 14 heavy (non-hydrogen) atoms. The van der Waals surface area contributed by atoms with Crippen LogP contribution < -0.4 is 0 Å². The molecule has 0 aliphatic rings. The van der Waals surface area contributed by atoms with Crippen LogP contribution in [0.5, 0.6) is 0 Å². The smallest absolute Gasteiger partial charge is 0.135 e. The summed E-state index contributed by atoms with van der Waals surface area (Å²) in [5.41, 5.74) is 1.20. The van der Waals surface area contributed by atoms with Gasteiger partial charge in [-0.25, -0.2) is 0 Å². The molecule has 2 rings (SSSR count). The Morgan fingerprint density at radius 3 is 2.79 bits per heavy atom. The van der Waals surface area contributed by atoms with Crippen LogP contribution in [-0.4, -0.2) is 9.78 Å². The molecule has 1 aromatic heterocycles. The molecule has 0 bridgehead atoms. The third kappa shape index (κ3) is 1.69. The van der Waals surface area contributed by atoms with Crippen LogP contribution in [0.4, 0.5) is 0 Å². The van der Waals surface area contributed by atoms with Crippen LogP contribution in [0, 0.1) is 5.92 Å². The Hall–Kier alpha value is -0.830. The van der Waals surface area contributed by atoms with E-state index in [4.69, 9.17) is 0 Å². The lowest BCUT2D eigenvalue weighted by Crippen LogP contribution is -2.05. The molecule has 0 aliphatic heterocycles. The quantitative estimate of drug-likeness (QED) is 0.801. The van der Waals surface area contributed by atoms with Gasteiger partial charge < -0.3 is 0 Å². The summed E-state index contributed by atoms with van der Waals surface area (Å²) in [6.07, 6.45) is 0. The first-order chi connectivity index (χ1) is 6.68. The van der Waals surface area contributed by atoms with Gasteiger partial charge in [0.1, 0.15) is 4.60 Å². The highest BCUT2D eigenvalue weighted by atomic mass is 79.9. The van der Waals surface area contributed by atoms with Crippen LogP contribution in [0.3, 0.4) is 0 Å². The van der Waals surface area contributed by atoms with E-state index in [-0.39, 0.29) is 0 Å². The second-order valence-electron chi connectivity index (χ2n) is 3.88. The van der Waals surface area contributed by atoms with Crippen molar-refractivity contribution in [1.29, 1.82) is 0 Å². The summed E-state index contributed by atoms with van der Waals surface area (Å²) >= 11 is 3.48. The monoisotopic (exact) mass is 252 g/mol. The summed E-state index contributed by atoms with van der Waals surface area (Å²) in [7, 11) is 0. The molecule has 2 aromatic rings. The van der Waals surface area contributed by atoms with E-state index in [0.717, 1.165) is 11.1 Å². The third-order valence-corrected chi connectivity index (χ3v) is 2.74. The maximum absolute atomic E-state index is 4.46. The molecular weight excluding hydrogens is 240 g/mol. The number of fused-ring (bicyclic) bond motifs is 1. The highest BCUT2D eigenvalue weighted by Crippen LogP contribution is 2.23. The highest BCUT2D eigenvalue weighted by molar-refractivity contribution is 9.10. The molecule has 1 aromatic carbocycles. The lowest BCUT2D eigenvalue weighted by atomic mass is 10.2. The van der Waals surface area contributed by atoms with Crippen LogP contribution in [0.25, 0.3) is 10.9 Å². The van der Waals surface area contributed by atoms with Crippen molar-refractivity contribution in [2.24, 2.45) is 5.92 Å². The molecule has 74 valence electrons. The van der Waals surface area contributed by atoms with Gasteiger partial charge in [-0.15, -0.1) is 0 Å². The fraction of sp³-hybridized carbons (Fsp3) is 0.364. The fourth-order valence-corrected chi connectivity index (χ4v) is 2.10. The molecule has 0 aliphatic carbocycles. The van der Waals surface area contributed by atoms with Crippen molar-refractivity contribution < 1.29 is 0 Å². The molecule has 0 atom stereocenters. The first kappa shape index (κ1) is 9.71. The van der Waals surface area contributed by atoms with E-state index in [1.807, 2.05) is 12.1 Å². The first-order valence-electron chi connectivity index (χ1n) is 4.79. The summed E-state index contributed by atoms with van der Waals surface area (Å²) in [5.74, 6) is 0.616. The van der Waals surface area contributed by atoms with Crippen molar-refractivity contribution in [3.8, 4) is 0 Å². The molecule has 3 heteroatoms. The molecular formula is C11H13BrN2. The Bertz CT molecular complexity index is 445. The standard InChI is InChI=1S/C11H13BrN2/c1-8(2)7-14-10-6-4-3-5-9(10)11(12)13-14/h3-6,8H,7H2,1-2H3. The van der Waals surface area contributed by atoms with Crippen molar-refractivity contribution in [2.45, 2.75) is 20.4 Å². The zero-order valence-corrected chi connectivity index (χ0v) is 9.95. The highest BCUT2D eigenvalue weighted by Gasteiger charge is 2.07. The van der Waals surface area contributed by atoms with Crippen molar-refractivity contribution in [2.75, 3.05) is 0 Å². The minimum absolute atomic E-state index is 0.616. The summed E-state index contributed by atoms with van der Waals surface area (Å²) in [6.45, 7) is 5.36. The Balaban J connectivity index is 2.55. The summed E-state index contributed by atoms with van der Waals surface area (Å²) in [6, 6.07) is 8.28. The maximum Gasteiger partial charge on any atom is 0.135 e. The maximum atomic E-state index is 4.46. The number of hydrogen-bond acceptors (Lipinski definition) is 1. The van der Waals surface area contributed by atoms with E-state index < -0.39 is 0 Å².